The van der Waals surface area contributed by atoms with E-state index in [9.17, 15) is 4.79 Å². The summed E-state index contributed by atoms with van der Waals surface area (Å²) in [6.45, 7) is 4.25. The maximum absolute atomic E-state index is 11.5. The summed E-state index contributed by atoms with van der Waals surface area (Å²) in [5.41, 5.74) is 2.83. The minimum atomic E-state index is -0.312. The molecular formula is C13H14O2. The second-order valence-electron chi connectivity index (χ2n) is 3.39. The van der Waals surface area contributed by atoms with E-state index in [-0.39, 0.29) is 12.6 Å². The minimum Gasteiger partial charge on any atom is -0.461 e. The fourth-order valence-corrected chi connectivity index (χ4v) is 1.15. The van der Waals surface area contributed by atoms with Crippen molar-refractivity contribution in [3.8, 4) is 12.3 Å². The zero-order valence-electron chi connectivity index (χ0n) is 9.04. The van der Waals surface area contributed by atoms with E-state index < -0.39 is 0 Å². The van der Waals surface area contributed by atoms with E-state index in [4.69, 9.17) is 11.2 Å². The molecule has 0 saturated carbocycles. The minimum absolute atomic E-state index is 0.280. The SMILES string of the molecule is C#CCCOC(=O)c1ccc(C)c(C)c1. The molecule has 0 heterocycles. The van der Waals surface area contributed by atoms with Gasteiger partial charge in [0, 0.05) is 6.42 Å². The number of ether oxygens (including phenoxy) is 1. The molecule has 2 heteroatoms. The van der Waals surface area contributed by atoms with Crippen LogP contribution in [-0.2, 0) is 4.74 Å². The first-order chi connectivity index (χ1) is 7.15. The third-order valence-electron chi connectivity index (χ3n) is 2.22. The van der Waals surface area contributed by atoms with E-state index in [0.717, 1.165) is 11.1 Å². The Labute approximate surface area is 90.3 Å². The first kappa shape index (κ1) is 11.3. The molecule has 0 aromatic heterocycles. The van der Waals surface area contributed by atoms with E-state index in [1.165, 1.54) is 0 Å². The fraction of sp³-hybridized carbons (Fsp3) is 0.308. The maximum atomic E-state index is 11.5. The van der Waals surface area contributed by atoms with Crippen molar-refractivity contribution in [3.05, 3.63) is 34.9 Å². The van der Waals surface area contributed by atoms with Crippen molar-refractivity contribution in [2.75, 3.05) is 6.61 Å². The predicted octanol–water partition coefficient (Wildman–Crippen LogP) is 2.48. The van der Waals surface area contributed by atoms with Crippen molar-refractivity contribution >= 4 is 5.97 Å². The Morgan fingerprint density at radius 2 is 2.13 bits per heavy atom. The van der Waals surface area contributed by atoms with Crippen LogP contribution in [0, 0.1) is 26.2 Å². The molecule has 0 aliphatic carbocycles. The maximum Gasteiger partial charge on any atom is 0.338 e. The van der Waals surface area contributed by atoms with Crippen LogP contribution in [0.3, 0.4) is 0 Å². The molecule has 0 spiro atoms. The average Bonchev–Trinajstić information content (AvgIpc) is 2.22. The van der Waals surface area contributed by atoms with Crippen molar-refractivity contribution in [2.45, 2.75) is 20.3 Å². The molecule has 0 radical (unpaired) electrons. The molecule has 0 atom stereocenters. The van der Waals surface area contributed by atoms with Crippen LogP contribution in [0.15, 0.2) is 18.2 Å². The van der Waals surface area contributed by atoms with Gasteiger partial charge in [0.25, 0.3) is 0 Å². The highest BCUT2D eigenvalue weighted by molar-refractivity contribution is 5.89. The van der Waals surface area contributed by atoms with Gasteiger partial charge in [-0.25, -0.2) is 4.79 Å². The average molecular weight is 202 g/mol. The van der Waals surface area contributed by atoms with E-state index in [1.807, 2.05) is 26.0 Å². The molecular weight excluding hydrogens is 188 g/mol. The number of terminal acetylenes is 1. The normalized spacial score (nSPS) is 9.40. The molecule has 0 saturated heterocycles. The van der Waals surface area contributed by atoms with E-state index in [0.29, 0.717) is 12.0 Å². The van der Waals surface area contributed by atoms with Crippen LogP contribution in [-0.4, -0.2) is 12.6 Å². The Bertz CT molecular complexity index is 399. The smallest absolute Gasteiger partial charge is 0.338 e. The summed E-state index contributed by atoms with van der Waals surface area (Å²) in [5.74, 6) is 2.11. The van der Waals surface area contributed by atoms with Crippen LogP contribution < -0.4 is 0 Å². The van der Waals surface area contributed by atoms with Crippen molar-refractivity contribution < 1.29 is 9.53 Å². The Kier molecular flexibility index (Phi) is 3.93. The lowest BCUT2D eigenvalue weighted by molar-refractivity contribution is 0.0513. The Morgan fingerprint density at radius 1 is 1.40 bits per heavy atom. The first-order valence-corrected chi connectivity index (χ1v) is 4.83. The monoisotopic (exact) mass is 202 g/mol. The lowest BCUT2D eigenvalue weighted by atomic mass is 10.1. The predicted molar refractivity (Wildman–Crippen MR) is 59.6 cm³/mol. The van der Waals surface area contributed by atoms with E-state index in [1.54, 1.807) is 6.07 Å². The summed E-state index contributed by atoms with van der Waals surface area (Å²) < 4.78 is 4.98. The largest absolute Gasteiger partial charge is 0.461 e. The number of benzene rings is 1. The molecule has 0 bridgehead atoms. The molecule has 0 unspecified atom stereocenters. The van der Waals surface area contributed by atoms with Gasteiger partial charge in [-0.15, -0.1) is 12.3 Å². The molecule has 0 aliphatic rings. The lowest BCUT2D eigenvalue weighted by Crippen LogP contribution is -2.06. The Balaban J connectivity index is 2.67. The standard InChI is InChI=1S/C13H14O2/c1-4-5-8-15-13(14)12-7-6-10(2)11(3)9-12/h1,6-7,9H,5,8H2,2-3H3. The number of esters is 1. The Morgan fingerprint density at radius 3 is 2.73 bits per heavy atom. The zero-order valence-corrected chi connectivity index (χ0v) is 9.04. The number of hydrogen-bond acceptors (Lipinski definition) is 2. The summed E-state index contributed by atoms with van der Waals surface area (Å²) >= 11 is 0. The van der Waals surface area contributed by atoms with Crippen LogP contribution in [0.25, 0.3) is 0 Å². The van der Waals surface area contributed by atoms with Crippen molar-refractivity contribution in [2.24, 2.45) is 0 Å². The fourth-order valence-electron chi connectivity index (χ4n) is 1.15. The summed E-state index contributed by atoms with van der Waals surface area (Å²) in [5, 5.41) is 0. The summed E-state index contributed by atoms with van der Waals surface area (Å²) in [4.78, 5) is 11.5. The van der Waals surface area contributed by atoms with Gasteiger partial charge < -0.3 is 4.74 Å². The molecule has 0 amide bonds. The van der Waals surface area contributed by atoms with Crippen molar-refractivity contribution in [1.29, 1.82) is 0 Å². The van der Waals surface area contributed by atoms with Crippen LogP contribution in [0.5, 0.6) is 0 Å². The van der Waals surface area contributed by atoms with Gasteiger partial charge in [0.15, 0.2) is 0 Å². The van der Waals surface area contributed by atoms with Gasteiger partial charge in [0.05, 0.1) is 5.56 Å². The molecule has 2 nitrogen and oxygen atoms in total. The topological polar surface area (TPSA) is 26.3 Å². The molecule has 0 fully saturated rings. The zero-order chi connectivity index (χ0) is 11.3. The molecule has 1 aromatic carbocycles. The number of carbonyl (C=O) groups is 1. The van der Waals surface area contributed by atoms with Crippen LogP contribution in [0.1, 0.15) is 27.9 Å². The highest BCUT2D eigenvalue weighted by atomic mass is 16.5. The van der Waals surface area contributed by atoms with Crippen LogP contribution in [0.2, 0.25) is 0 Å². The van der Waals surface area contributed by atoms with Crippen LogP contribution in [0.4, 0.5) is 0 Å². The van der Waals surface area contributed by atoms with E-state index >= 15 is 0 Å². The molecule has 0 aliphatic heterocycles. The quantitative estimate of drug-likeness (QED) is 0.427. The summed E-state index contributed by atoms with van der Waals surface area (Å²) in [6, 6.07) is 5.50. The van der Waals surface area contributed by atoms with Crippen LogP contribution >= 0.6 is 0 Å². The number of rotatable bonds is 3. The van der Waals surface area contributed by atoms with Gasteiger partial charge in [-0.05, 0) is 37.1 Å². The number of aryl methyl sites for hydroxylation is 2. The Hall–Kier alpha value is -1.75. The molecule has 78 valence electrons. The third kappa shape index (κ3) is 3.14. The number of hydrogen-bond donors (Lipinski definition) is 0. The second-order valence-corrected chi connectivity index (χ2v) is 3.39. The molecule has 15 heavy (non-hydrogen) atoms. The summed E-state index contributed by atoms with van der Waals surface area (Å²) in [7, 11) is 0. The molecule has 1 aromatic rings. The van der Waals surface area contributed by atoms with Gasteiger partial charge in [-0.2, -0.15) is 0 Å². The van der Waals surface area contributed by atoms with Gasteiger partial charge in [0.2, 0.25) is 0 Å². The molecule has 0 N–H and O–H groups in total. The lowest BCUT2D eigenvalue weighted by Gasteiger charge is -2.05. The highest BCUT2D eigenvalue weighted by Gasteiger charge is 2.07. The second kappa shape index (κ2) is 5.21. The first-order valence-electron chi connectivity index (χ1n) is 4.83. The van der Waals surface area contributed by atoms with Crippen molar-refractivity contribution in [1.82, 2.24) is 0 Å². The van der Waals surface area contributed by atoms with Gasteiger partial charge >= 0.3 is 5.97 Å². The number of carbonyl (C=O) groups excluding carboxylic acids is 1. The van der Waals surface area contributed by atoms with Gasteiger partial charge in [-0.1, -0.05) is 6.07 Å². The van der Waals surface area contributed by atoms with Gasteiger partial charge in [0.1, 0.15) is 6.61 Å². The van der Waals surface area contributed by atoms with Gasteiger partial charge in [-0.3, -0.25) is 0 Å². The third-order valence-corrected chi connectivity index (χ3v) is 2.22. The van der Waals surface area contributed by atoms with Crippen molar-refractivity contribution in [3.63, 3.8) is 0 Å². The summed E-state index contributed by atoms with van der Waals surface area (Å²) in [6.07, 6.45) is 5.51. The van der Waals surface area contributed by atoms with E-state index in [2.05, 4.69) is 5.92 Å². The molecule has 1 rings (SSSR count). The highest BCUT2D eigenvalue weighted by Crippen LogP contribution is 2.10.